The van der Waals surface area contributed by atoms with Crippen molar-refractivity contribution in [3.8, 4) is 11.1 Å². The van der Waals surface area contributed by atoms with Crippen molar-refractivity contribution in [3.05, 3.63) is 57.8 Å². The predicted molar refractivity (Wildman–Crippen MR) is 64.5 cm³/mol. The van der Waals surface area contributed by atoms with Gasteiger partial charge in [0, 0.05) is 10.0 Å². The molecule has 0 saturated carbocycles. The lowest BCUT2D eigenvalue weighted by molar-refractivity contribution is 0.632. The predicted octanol–water partition coefficient (Wildman–Crippen LogP) is 4.91. The van der Waals surface area contributed by atoms with Gasteiger partial charge < -0.3 is 0 Å². The molecule has 76 valence electrons. The number of hydrogen-bond donors (Lipinski definition) is 0. The molecule has 0 aliphatic rings. The van der Waals surface area contributed by atoms with Gasteiger partial charge >= 0.3 is 0 Å². The van der Waals surface area contributed by atoms with Gasteiger partial charge in [0.2, 0.25) is 0 Å². The third-order valence-corrected chi connectivity index (χ3v) is 2.87. The van der Waals surface area contributed by atoms with E-state index in [0.717, 1.165) is 10.0 Å². The van der Waals surface area contributed by atoms with E-state index in [9.17, 15) is 4.39 Å². The van der Waals surface area contributed by atoms with Gasteiger partial charge in [-0.3, -0.25) is 0 Å². The van der Waals surface area contributed by atoms with Crippen molar-refractivity contribution in [2.45, 2.75) is 0 Å². The summed E-state index contributed by atoms with van der Waals surface area (Å²) in [6, 6.07) is 12.4. The minimum Gasteiger partial charge on any atom is -0.205 e. The van der Waals surface area contributed by atoms with Gasteiger partial charge in [-0.1, -0.05) is 51.8 Å². The van der Waals surface area contributed by atoms with Crippen LogP contribution < -0.4 is 0 Å². The molecule has 0 fully saturated rings. The maximum atomic E-state index is 13.7. The van der Waals surface area contributed by atoms with Crippen molar-refractivity contribution in [2.24, 2.45) is 0 Å². The second-order valence-electron chi connectivity index (χ2n) is 3.11. The fourth-order valence-corrected chi connectivity index (χ4v) is 1.96. The Morgan fingerprint density at radius 2 is 1.80 bits per heavy atom. The SMILES string of the molecule is Fc1c(Cl)cccc1-c1cccc(Br)c1. The third-order valence-electron chi connectivity index (χ3n) is 2.09. The van der Waals surface area contributed by atoms with Crippen molar-refractivity contribution < 1.29 is 4.39 Å². The van der Waals surface area contributed by atoms with Gasteiger partial charge in [0.15, 0.2) is 0 Å². The highest BCUT2D eigenvalue weighted by molar-refractivity contribution is 9.10. The molecule has 0 radical (unpaired) electrons. The Morgan fingerprint density at radius 3 is 2.53 bits per heavy atom. The quantitative estimate of drug-likeness (QED) is 0.698. The van der Waals surface area contributed by atoms with Crippen molar-refractivity contribution in [1.29, 1.82) is 0 Å². The van der Waals surface area contributed by atoms with Crippen LogP contribution in [0.2, 0.25) is 5.02 Å². The molecule has 0 aliphatic heterocycles. The molecule has 0 aromatic heterocycles. The van der Waals surface area contributed by atoms with Crippen LogP contribution in [-0.2, 0) is 0 Å². The monoisotopic (exact) mass is 284 g/mol. The maximum Gasteiger partial charge on any atom is 0.149 e. The standard InChI is InChI=1S/C12H7BrClF/c13-9-4-1-3-8(7-9)10-5-2-6-11(14)12(10)15/h1-7H. The summed E-state index contributed by atoms with van der Waals surface area (Å²) in [5.74, 6) is -0.378. The van der Waals surface area contributed by atoms with Crippen LogP contribution in [-0.4, -0.2) is 0 Å². The van der Waals surface area contributed by atoms with Crippen LogP contribution in [0, 0.1) is 5.82 Å². The van der Waals surface area contributed by atoms with Crippen LogP contribution in [0.3, 0.4) is 0 Å². The summed E-state index contributed by atoms with van der Waals surface area (Å²) >= 11 is 9.06. The highest BCUT2D eigenvalue weighted by Crippen LogP contribution is 2.28. The summed E-state index contributed by atoms with van der Waals surface area (Å²) in [4.78, 5) is 0. The Kier molecular flexibility index (Phi) is 3.08. The Labute approximate surface area is 101 Å². The average Bonchev–Trinajstić information content (AvgIpc) is 2.22. The van der Waals surface area contributed by atoms with E-state index in [2.05, 4.69) is 15.9 Å². The molecule has 2 aromatic rings. The van der Waals surface area contributed by atoms with E-state index < -0.39 is 0 Å². The van der Waals surface area contributed by atoms with Gasteiger partial charge in [0.05, 0.1) is 5.02 Å². The molecule has 0 spiro atoms. The molecule has 0 atom stereocenters. The molecule has 0 nitrogen and oxygen atoms in total. The molecule has 0 saturated heterocycles. The molecule has 0 amide bonds. The second-order valence-corrected chi connectivity index (χ2v) is 4.43. The molecule has 0 bridgehead atoms. The average molecular weight is 286 g/mol. The second kappa shape index (κ2) is 4.33. The van der Waals surface area contributed by atoms with Crippen LogP contribution in [0.25, 0.3) is 11.1 Å². The van der Waals surface area contributed by atoms with Crippen LogP contribution >= 0.6 is 27.5 Å². The lowest BCUT2D eigenvalue weighted by atomic mass is 10.1. The molecular formula is C12H7BrClF. The Hall–Kier alpha value is -0.860. The highest BCUT2D eigenvalue weighted by atomic mass is 79.9. The van der Waals surface area contributed by atoms with Crippen molar-refractivity contribution in [3.63, 3.8) is 0 Å². The first-order valence-corrected chi connectivity index (χ1v) is 5.55. The van der Waals surface area contributed by atoms with E-state index in [0.29, 0.717) is 5.56 Å². The summed E-state index contributed by atoms with van der Waals surface area (Å²) in [7, 11) is 0. The number of hydrogen-bond acceptors (Lipinski definition) is 0. The zero-order chi connectivity index (χ0) is 10.8. The Balaban J connectivity index is 2.59. The van der Waals surface area contributed by atoms with Crippen LogP contribution in [0.1, 0.15) is 0 Å². The van der Waals surface area contributed by atoms with E-state index in [1.54, 1.807) is 18.2 Å². The van der Waals surface area contributed by atoms with Gasteiger partial charge in [0.1, 0.15) is 5.82 Å². The van der Waals surface area contributed by atoms with Gasteiger partial charge in [-0.15, -0.1) is 0 Å². The van der Waals surface area contributed by atoms with E-state index in [1.807, 2.05) is 24.3 Å². The smallest absolute Gasteiger partial charge is 0.149 e. The molecule has 15 heavy (non-hydrogen) atoms. The van der Waals surface area contributed by atoms with Crippen LogP contribution in [0.4, 0.5) is 4.39 Å². The van der Waals surface area contributed by atoms with Gasteiger partial charge in [-0.05, 0) is 23.8 Å². The third kappa shape index (κ3) is 2.21. The fraction of sp³-hybridized carbons (Fsp3) is 0. The summed E-state index contributed by atoms with van der Waals surface area (Å²) in [5.41, 5.74) is 1.33. The highest BCUT2D eigenvalue weighted by Gasteiger charge is 2.07. The van der Waals surface area contributed by atoms with Crippen molar-refractivity contribution in [1.82, 2.24) is 0 Å². The van der Waals surface area contributed by atoms with E-state index in [1.165, 1.54) is 0 Å². The lowest BCUT2D eigenvalue weighted by Crippen LogP contribution is -1.85. The van der Waals surface area contributed by atoms with E-state index in [-0.39, 0.29) is 10.8 Å². The van der Waals surface area contributed by atoms with Gasteiger partial charge in [0.25, 0.3) is 0 Å². The molecule has 2 rings (SSSR count). The van der Waals surface area contributed by atoms with E-state index >= 15 is 0 Å². The zero-order valence-electron chi connectivity index (χ0n) is 7.68. The number of benzene rings is 2. The molecule has 0 unspecified atom stereocenters. The Morgan fingerprint density at radius 1 is 1.07 bits per heavy atom. The Bertz CT molecular complexity index is 497. The number of halogens is 3. The molecule has 2 aromatic carbocycles. The first-order valence-electron chi connectivity index (χ1n) is 4.38. The van der Waals surface area contributed by atoms with Gasteiger partial charge in [-0.2, -0.15) is 0 Å². The minimum absolute atomic E-state index is 0.146. The van der Waals surface area contributed by atoms with Crippen LogP contribution in [0.15, 0.2) is 46.9 Å². The molecular weight excluding hydrogens is 278 g/mol. The summed E-state index contributed by atoms with van der Waals surface area (Å²) in [6.45, 7) is 0. The lowest BCUT2D eigenvalue weighted by Gasteiger charge is -2.04. The fourth-order valence-electron chi connectivity index (χ4n) is 1.38. The van der Waals surface area contributed by atoms with Gasteiger partial charge in [-0.25, -0.2) is 4.39 Å². The van der Waals surface area contributed by atoms with Crippen LogP contribution in [0.5, 0.6) is 0 Å². The number of rotatable bonds is 1. The summed E-state index contributed by atoms with van der Waals surface area (Å²) in [5, 5.41) is 0.146. The van der Waals surface area contributed by atoms with Crippen molar-refractivity contribution >= 4 is 27.5 Å². The largest absolute Gasteiger partial charge is 0.205 e. The van der Waals surface area contributed by atoms with E-state index in [4.69, 9.17) is 11.6 Å². The molecule has 0 heterocycles. The molecule has 3 heteroatoms. The summed E-state index contributed by atoms with van der Waals surface area (Å²) in [6.07, 6.45) is 0. The minimum atomic E-state index is -0.378. The topological polar surface area (TPSA) is 0 Å². The molecule has 0 N–H and O–H groups in total. The maximum absolute atomic E-state index is 13.7. The first kappa shape index (κ1) is 10.7. The first-order chi connectivity index (χ1) is 7.18. The molecule has 0 aliphatic carbocycles. The normalized spacial score (nSPS) is 10.3. The van der Waals surface area contributed by atoms with Crippen molar-refractivity contribution in [2.75, 3.05) is 0 Å². The summed E-state index contributed by atoms with van der Waals surface area (Å²) < 4.78 is 14.6. The zero-order valence-corrected chi connectivity index (χ0v) is 10.0.